The Labute approximate surface area is 191 Å². The number of aromatic nitrogens is 3. The number of Topliss-reactive ketones (excluding diaryl/α,β-unsaturated/α-hetero) is 1. The van der Waals surface area contributed by atoms with Crippen LogP contribution in [0.1, 0.15) is 11.1 Å². The second-order valence-electron chi connectivity index (χ2n) is 7.12. The number of rotatable bonds is 6. The molecule has 0 atom stereocenters. The quantitative estimate of drug-likeness (QED) is 0.409. The lowest BCUT2D eigenvalue weighted by Crippen LogP contribution is -2.21. The van der Waals surface area contributed by atoms with E-state index in [-0.39, 0.29) is 22.0 Å². The molecule has 32 heavy (non-hydrogen) atoms. The van der Waals surface area contributed by atoms with Crippen LogP contribution in [0.25, 0.3) is 16.7 Å². The molecule has 0 saturated carbocycles. The fraction of sp³-hybridized carbons (Fsp3) is 0.143. The zero-order chi connectivity index (χ0) is 23.0. The van der Waals surface area contributed by atoms with Crippen LogP contribution in [0.15, 0.2) is 57.9 Å². The number of ketones is 1. The van der Waals surface area contributed by atoms with Crippen molar-refractivity contribution in [3.8, 4) is 5.82 Å². The molecule has 0 aliphatic carbocycles. The Hall–Kier alpha value is -2.95. The first-order chi connectivity index (χ1) is 15.1. The molecule has 11 heteroatoms. The van der Waals surface area contributed by atoms with Crippen molar-refractivity contribution >= 4 is 49.5 Å². The van der Waals surface area contributed by atoms with E-state index in [1.54, 1.807) is 18.2 Å². The van der Waals surface area contributed by atoms with E-state index in [1.165, 1.54) is 24.7 Å². The van der Waals surface area contributed by atoms with Crippen molar-refractivity contribution in [2.24, 2.45) is 0 Å². The number of thiophene rings is 1. The third-order valence-electron chi connectivity index (χ3n) is 4.63. The van der Waals surface area contributed by atoms with Gasteiger partial charge in [-0.3, -0.25) is 9.59 Å². The number of nitrogens with zero attached hydrogens (tertiary/aromatic N) is 3. The number of sulfone groups is 1. The summed E-state index contributed by atoms with van der Waals surface area (Å²) in [5, 5.41) is 0.317. The molecule has 0 fully saturated rings. The molecular formula is C21H15ClFN3O4S2. The first kappa shape index (κ1) is 22.3. The van der Waals surface area contributed by atoms with Crippen LogP contribution in [0.4, 0.5) is 4.39 Å². The molecule has 4 aromatic rings. The van der Waals surface area contributed by atoms with Crippen molar-refractivity contribution in [2.75, 3.05) is 5.75 Å². The zero-order valence-corrected chi connectivity index (χ0v) is 19.0. The van der Waals surface area contributed by atoms with Crippen molar-refractivity contribution in [1.82, 2.24) is 14.5 Å². The summed E-state index contributed by atoms with van der Waals surface area (Å²) >= 11 is 6.62. The minimum Gasteiger partial charge on any atom is -0.298 e. The van der Waals surface area contributed by atoms with Crippen LogP contribution in [-0.2, 0) is 21.1 Å². The first-order valence-corrected chi connectivity index (χ1v) is 12.1. The van der Waals surface area contributed by atoms with Crippen molar-refractivity contribution in [3.63, 3.8) is 0 Å². The van der Waals surface area contributed by atoms with Gasteiger partial charge < -0.3 is 0 Å². The van der Waals surface area contributed by atoms with Gasteiger partial charge in [0.25, 0.3) is 5.56 Å². The fourth-order valence-electron chi connectivity index (χ4n) is 3.15. The molecule has 3 heterocycles. The number of fused-ring (bicyclic) bond motifs is 1. The average Bonchev–Trinajstić information content (AvgIpc) is 3.16. The smallest absolute Gasteiger partial charge is 0.267 e. The third kappa shape index (κ3) is 4.47. The highest BCUT2D eigenvalue weighted by Crippen LogP contribution is 2.26. The summed E-state index contributed by atoms with van der Waals surface area (Å²) in [4.78, 5) is 33.2. The van der Waals surface area contributed by atoms with E-state index in [1.807, 2.05) is 6.92 Å². The van der Waals surface area contributed by atoms with Crippen LogP contribution < -0.4 is 5.56 Å². The molecule has 3 aromatic heterocycles. The van der Waals surface area contributed by atoms with E-state index in [0.29, 0.717) is 15.2 Å². The van der Waals surface area contributed by atoms with Crippen molar-refractivity contribution < 1.29 is 17.6 Å². The molecule has 4 rings (SSSR count). The van der Waals surface area contributed by atoms with Gasteiger partial charge in [-0.05, 0) is 48.4 Å². The van der Waals surface area contributed by atoms with Gasteiger partial charge in [0.05, 0.1) is 15.2 Å². The molecule has 0 amide bonds. The summed E-state index contributed by atoms with van der Waals surface area (Å²) in [6.45, 7) is 1.87. The van der Waals surface area contributed by atoms with Gasteiger partial charge in [0.2, 0.25) is 0 Å². The van der Waals surface area contributed by atoms with Crippen LogP contribution >= 0.6 is 22.9 Å². The molecule has 1 aromatic carbocycles. The molecular weight excluding hydrogens is 477 g/mol. The zero-order valence-electron chi connectivity index (χ0n) is 16.6. The van der Waals surface area contributed by atoms with Crippen molar-refractivity contribution in [2.45, 2.75) is 17.6 Å². The Bertz CT molecular complexity index is 1530. The highest BCUT2D eigenvalue weighted by atomic mass is 35.5. The Balaban J connectivity index is 1.57. The molecule has 0 unspecified atom stereocenters. The molecule has 0 aliphatic rings. The Morgan fingerprint density at radius 1 is 1.19 bits per heavy atom. The summed E-state index contributed by atoms with van der Waals surface area (Å²) < 4.78 is 40.7. The molecule has 0 radical (unpaired) electrons. The van der Waals surface area contributed by atoms with Gasteiger partial charge >= 0.3 is 0 Å². The second kappa shape index (κ2) is 8.53. The number of benzene rings is 1. The number of hydrogen-bond acceptors (Lipinski definition) is 7. The van der Waals surface area contributed by atoms with Crippen LogP contribution in [0, 0.1) is 12.7 Å². The normalized spacial score (nSPS) is 11.7. The highest BCUT2D eigenvalue weighted by molar-refractivity contribution is 7.94. The van der Waals surface area contributed by atoms with E-state index >= 15 is 0 Å². The summed E-state index contributed by atoms with van der Waals surface area (Å²) in [6, 6.07) is 8.95. The molecule has 0 N–H and O–H groups in total. The standard InChI is InChI=1S/C21H15ClFN3O4S2/c1-12-2-3-15-17(6-12)25-11-26(21(15)28)20-16(23)8-13(9-24-20)7-14(27)10-32(29,30)19-5-4-18(22)31-19/h2-6,8-9,11H,7,10H2,1H3. The predicted octanol–water partition coefficient (Wildman–Crippen LogP) is 3.53. The number of halogens is 2. The molecule has 0 bridgehead atoms. The SMILES string of the molecule is Cc1ccc2c(=O)n(-c3ncc(CC(=O)CS(=O)(=O)c4ccc(Cl)s4)cc3F)cnc2c1. The van der Waals surface area contributed by atoms with Crippen molar-refractivity contribution in [1.29, 1.82) is 0 Å². The van der Waals surface area contributed by atoms with E-state index in [9.17, 15) is 22.4 Å². The fourth-order valence-corrected chi connectivity index (χ4v) is 5.96. The average molecular weight is 492 g/mol. The summed E-state index contributed by atoms with van der Waals surface area (Å²) in [7, 11) is -3.83. The third-order valence-corrected chi connectivity index (χ3v) is 8.12. The lowest BCUT2D eigenvalue weighted by atomic mass is 10.1. The van der Waals surface area contributed by atoms with Crippen LogP contribution in [-0.4, -0.2) is 34.5 Å². The Morgan fingerprint density at radius 2 is 1.97 bits per heavy atom. The molecule has 0 aliphatic heterocycles. The monoisotopic (exact) mass is 491 g/mol. The maximum atomic E-state index is 14.7. The number of hydrogen-bond donors (Lipinski definition) is 0. The Morgan fingerprint density at radius 3 is 2.66 bits per heavy atom. The maximum Gasteiger partial charge on any atom is 0.267 e. The van der Waals surface area contributed by atoms with Gasteiger partial charge in [-0.2, -0.15) is 0 Å². The van der Waals surface area contributed by atoms with E-state index in [0.717, 1.165) is 27.5 Å². The van der Waals surface area contributed by atoms with E-state index < -0.39 is 32.7 Å². The summed E-state index contributed by atoms with van der Waals surface area (Å²) in [6.07, 6.45) is 2.10. The number of carbonyl (C=O) groups is 1. The van der Waals surface area contributed by atoms with Crippen molar-refractivity contribution in [3.05, 3.63) is 80.6 Å². The van der Waals surface area contributed by atoms with Gasteiger partial charge in [-0.15, -0.1) is 11.3 Å². The van der Waals surface area contributed by atoms with Gasteiger partial charge in [-0.25, -0.2) is 27.3 Å². The lowest BCUT2D eigenvalue weighted by Gasteiger charge is -2.09. The predicted molar refractivity (Wildman–Crippen MR) is 120 cm³/mol. The van der Waals surface area contributed by atoms with Crippen LogP contribution in [0.5, 0.6) is 0 Å². The molecule has 0 spiro atoms. The number of aryl methyl sites for hydroxylation is 1. The van der Waals surface area contributed by atoms with Gasteiger partial charge in [-0.1, -0.05) is 17.7 Å². The first-order valence-electron chi connectivity index (χ1n) is 9.27. The summed E-state index contributed by atoms with van der Waals surface area (Å²) in [5.41, 5.74) is 1.13. The summed E-state index contributed by atoms with van der Waals surface area (Å²) in [5.74, 6) is -2.45. The molecule has 7 nitrogen and oxygen atoms in total. The lowest BCUT2D eigenvalue weighted by molar-refractivity contribution is -0.116. The Kier molecular flexibility index (Phi) is 5.93. The largest absolute Gasteiger partial charge is 0.298 e. The van der Waals surface area contributed by atoms with Gasteiger partial charge in [0, 0.05) is 12.6 Å². The number of pyridine rings is 1. The maximum absolute atomic E-state index is 14.7. The van der Waals surface area contributed by atoms with Gasteiger partial charge in [0.15, 0.2) is 27.3 Å². The van der Waals surface area contributed by atoms with Gasteiger partial charge in [0.1, 0.15) is 16.3 Å². The van der Waals surface area contributed by atoms with Crippen LogP contribution in [0.3, 0.4) is 0 Å². The van der Waals surface area contributed by atoms with E-state index in [4.69, 9.17) is 11.6 Å². The molecule has 164 valence electrons. The van der Waals surface area contributed by atoms with Crippen LogP contribution in [0.2, 0.25) is 4.34 Å². The van der Waals surface area contributed by atoms with E-state index in [2.05, 4.69) is 9.97 Å². The minimum absolute atomic E-state index is 0.00567. The molecule has 0 saturated heterocycles. The topological polar surface area (TPSA) is 99.0 Å². The number of carbonyl (C=O) groups excluding carboxylic acids is 1. The minimum atomic E-state index is -3.83. The highest BCUT2D eigenvalue weighted by Gasteiger charge is 2.22. The second-order valence-corrected chi connectivity index (χ2v) is 11.1.